The molecule has 2 aromatic rings. The molecular formula is C13H15N4O4. The zero-order valence-electron chi connectivity index (χ0n) is 11.4. The number of benzene rings is 1. The molecule has 0 aliphatic carbocycles. The van der Waals surface area contributed by atoms with Crippen LogP contribution in [0.3, 0.4) is 0 Å². The lowest BCUT2D eigenvalue weighted by Crippen LogP contribution is -2.29. The van der Waals surface area contributed by atoms with E-state index >= 15 is 0 Å². The van der Waals surface area contributed by atoms with Crippen molar-refractivity contribution in [1.29, 1.82) is 0 Å². The lowest BCUT2D eigenvalue weighted by Gasteiger charge is -2.07. The maximum Gasteiger partial charge on any atom is 0.314 e. The van der Waals surface area contributed by atoms with Gasteiger partial charge < -0.3 is 15.3 Å². The van der Waals surface area contributed by atoms with Gasteiger partial charge in [0.2, 0.25) is 0 Å². The quantitative estimate of drug-likeness (QED) is 0.319. The van der Waals surface area contributed by atoms with Gasteiger partial charge in [-0.3, -0.25) is 19.7 Å². The molecule has 1 aromatic heterocycles. The molecule has 0 unspecified atom stereocenters. The molecule has 8 heteroatoms. The second-order valence-electron chi connectivity index (χ2n) is 4.57. The Morgan fingerprint density at radius 2 is 2.00 bits per heavy atom. The van der Waals surface area contributed by atoms with Crippen LogP contribution in [0.15, 0.2) is 21.7 Å². The van der Waals surface area contributed by atoms with Gasteiger partial charge in [-0.1, -0.05) is 13.3 Å². The molecule has 0 spiro atoms. The fraction of sp³-hybridized carbons (Fsp3) is 0.308. The Bertz CT molecular complexity index is 778. The Morgan fingerprint density at radius 1 is 1.29 bits per heavy atom. The maximum atomic E-state index is 11.4. The number of H-pyrrole nitrogens is 2. The summed E-state index contributed by atoms with van der Waals surface area (Å²) < 4.78 is 0. The fourth-order valence-corrected chi connectivity index (χ4v) is 1.95. The molecule has 0 aliphatic rings. The molecule has 1 aromatic carbocycles. The van der Waals surface area contributed by atoms with Crippen molar-refractivity contribution in [2.75, 3.05) is 0 Å². The molecule has 0 atom stereocenters. The summed E-state index contributed by atoms with van der Waals surface area (Å²) in [7, 11) is 0. The van der Waals surface area contributed by atoms with Crippen LogP contribution in [0.2, 0.25) is 0 Å². The van der Waals surface area contributed by atoms with Crippen LogP contribution in [0.5, 0.6) is 0 Å². The number of unbranched alkanes of at least 4 members (excludes halogenated alkanes) is 1. The van der Waals surface area contributed by atoms with E-state index in [2.05, 4.69) is 15.3 Å². The summed E-state index contributed by atoms with van der Waals surface area (Å²) in [5, 5.41) is 14.0. The zero-order valence-corrected chi connectivity index (χ0v) is 11.4. The van der Waals surface area contributed by atoms with Gasteiger partial charge in [0.15, 0.2) is 0 Å². The highest BCUT2D eigenvalue weighted by atomic mass is 16.6. The highest BCUT2D eigenvalue weighted by Crippen LogP contribution is 2.21. The van der Waals surface area contributed by atoms with Crippen molar-refractivity contribution >= 4 is 16.7 Å². The number of non-ortho nitro benzene ring substituents is 1. The lowest BCUT2D eigenvalue weighted by atomic mass is 10.1. The largest absolute Gasteiger partial charge is 0.316 e. The number of nitrogens with zero attached hydrogens (tertiary/aromatic N) is 1. The summed E-state index contributed by atoms with van der Waals surface area (Å²) in [5.41, 5.74) is -0.587. The number of aromatic nitrogens is 2. The van der Waals surface area contributed by atoms with Crippen LogP contribution >= 0.6 is 0 Å². The van der Waals surface area contributed by atoms with E-state index in [0.717, 1.165) is 12.8 Å². The average molecular weight is 291 g/mol. The normalized spacial score (nSPS) is 10.9. The second-order valence-corrected chi connectivity index (χ2v) is 4.57. The van der Waals surface area contributed by atoms with E-state index in [1.165, 1.54) is 12.1 Å². The molecule has 1 heterocycles. The van der Waals surface area contributed by atoms with Crippen molar-refractivity contribution < 1.29 is 4.92 Å². The minimum absolute atomic E-state index is 0.141. The number of aromatic amines is 2. The Balaban J connectivity index is 2.49. The molecule has 0 saturated carbocycles. The molecule has 8 nitrogen and oxygen atoms in total. The van der Waals surface area contributed by atoms with Crippen molar-refractivity contribution in [1.82, 2.24) is 15.3 Å². The Kier molecular flexibility index (Phi) is 4.49. The number of nitro groups is 1. The van der Waals surface area contributed by atoms with Crippen molar-refractivity contribution in [2.24, 2.45) is 0 Å². The predicted octanol–water partition coefficient (Wildman–Crippen LogP) is 1.18. The second kappa shape index (κ2) is 6.31. The molecule has 0 amide bonds. The van der Waals surface area contributed by atoms with Crippen LogP contribution in [0.4, 0.5) is 5.69 Å². The fourth-order valence-electron chi connectivity index (χ4n) is 1.95. The van der Waals surface area contributed by atoms with Gasteiger partial charge in [0.25, 0.3) is 5.69 Å². The molecule has 0 aliphatic heterocycles. The molecule has 0 saturated heterocycles. The smallest absolute Gasteiger partial charge is 0.314 e. The van der Waals surface area contributed by atoms with Crippen molar-refractivity contribution in [2.45, 2.75) is 26.3 Å². The van der Waals surface area contributed by atoms with Crippen molar-refractivity contribution in [3.05, 3.63) is 55.1 Å². The Labute approximate surface area is 119 Å². The summed E-state index contributed by atoms with van der Waals surface area (Å²) >= 11 is 0. The molecular weight excluding hydrogens is 276 g/mol. The van der Waals surface area contributed by atoms with Crippen LogP contribution in [0.25, 0.3) is 11.0 Å². The number of rotatable bonds is 6. The first-order valence-electron chi connectivity index (χ1n) is 6.51. The van der Waals surface area contributed by atoms with Gasteiger partial charge >= 0.3 is 11.1 Å². The third-order valence-electron chi connectivity index (χ3n) is 2.98. The van der Waals surface area contributed by atoms with E-state index in [-0.39, 0.29) is 11.2 Å². The summed E-state index contributed by atoms with van der Waals surface area (Å²) in [6.07, 6.45) is 1.84. The number of nitrogens with one attached hydrogen (secondary N) is 3. The first kappa shape index (κ1) is 14.9. The third kappa shape index (κ3) is 3.34. The number of hydrogen-bond donors (Lipinski definition) is 3. The van der Waals surface area contributed by atoms with E-state index in [9.17, 15) is 19.7 Å². The van der Waals surface area contributed by atoms with Gasteiger partial charge in [-0.25, -0.2) is 0 Å². The molecule has 2 rings (SSSR count). The summed E-state index contributed by atoms with van der Waals surface area (Å²) in [6.45, 7) is 4.21. The van der Waals surface area contributed by atoms with Crippen molar-refractivity contribution in [3.63, 3.8) is 0 Å². The van der Waals surface area contributed by atoms with E-state index in [1.54, 1.807) is 0 Å². The van der Waals surface area contributed by atoms with Crippen LogP contribution in [-0.2, 0) is 6.54 Å². The molecule has 111 valence electrons. The third-order valence-corrected chi connectivity index (χ3v) is 2.98. The average Bonchev–Trinajstić information content (AvgIpc) is 2.44. The molecule has 1 radical (unpaired) electrons. The number of hydrogen-bond acceptors (Lipinski definition) is 5. The zero-order chi connectivity index (χ0) is 15.4. The summed E-state index contributed by atoms with van der Waals surface area (Å²) in [4.78, 5) is 38.0. The predicted molar refractivity (Wildman–Crippen MR) is 77.9 cm³/mol. The van der Waals surface area contributed by atoms with Crippen molar-refractivity contribution in [3.8, 4) is 0 Å². The van der Waals surface area contributed by atoms with Gasteiger partial charge in [0.05, 0.1) is 16.0 Å². The number of fused-ring (bicyclic) bond motifs is 1. The molecule has 0 fully saturated rings. The first-order chi connectivity index (χ1) is 10.0. The van der Waals surface area contributed by atoms with E-state index in [4.69, 9.17) is 0 Å². The molecule has 0 bridgehead atoms. The van der Waals surface area contributed by atoms with E-state index in [0.29, 0.717) is 17.6 Å². The minimum atomic E-state index is -0.834. The Hall–Kier alpha value is -2.48. The Morgan fingerprint density at radius 3 is 2.67 bits per heavy atom. The summed E-state index contributed by atoms with van der Waals surface area (Å²) in [5.74, 6) is 0. The van der Waals surface area contributed by atoms with E-state index in [1.807, 2.05) is 13.5 Å². The van der Waals surface area contributed by atoms with Gasteiger partial charge in [-0.15, -0.1) is 0 Å². The first-order valence-corrected chi connectivity index (χ1v) is 6.51. The standard InChI is InChI=1S/C13H15N4O4/c1-2-3-4-14-7-8-5-9(17(20)21)6-10-11(8)16-13(19)12(18)15-10/h4-6,14H,2-3,7H2,1H3,(H,15,18)(H,16,19). The SMILES string of the molecule is CCC[CH]NCc1cc([N+](=O)[O-])cc2[nH]c(=O)c(=O)[nH]c12. The minimum Gasteiger partial charge on any atom is -0.316 e. The molecule has 21 heavy (non-hydrogen) atoms. The highest BCUT2D eigenvalue weighted by molar-refractivity contribution is 5.80. The van der Waals surface area contributed by atoms with Gasteiger partial charge in [0.1, 0.15) is 0 Å². The van der Waals surface area contributed by atoms with Crippen LogP contribution in [-0.4, -0.2) is 14.9 Å². The molecule has 3 N–H and O–H groups in total. The van der Waals surface area contributed by atoms with Crippen LogP contribution in [0, 0.1) is 16.7 Å². The number of nitro benzene ring substituents is 1. The summed E-state index contributed by atoms with van der Waals surface area (Å²) in [6, 6.07) is 2.61. The monoisotopic (exact) mass is 291 g/mol. The topological polar surface area (TPSA) is 121 Å². The van der Waals surface area contributed by atoms with E-state index < -0.39 is 16.0 Å². The van der Waals surface area contributed by atoms with Gasteiger partial charge in [-0.2, -0.15) is 0 Å². The maximum absolute atomic E-state index is 11.4. The lowest BCUT2D eigenvalue weighted by molar-refractivity contribution is -0.384. The van der Waals surface area contributed by atoms with Crippen LogP contribution in [0.1, 0.15) is 25.3 Å². The van der Waals surface area contributed by atoms with Gasteiger partial charge in [-0.05, 0) is 12.0 Å². The highest BCUT2D eigenvalue weighted by Gasteiger charge is 2.13. The van der Waals surface area contributed by atoms with Crippen LogP contribution < -0.4 is 16.4 Å². The van der Waals surface area contributed by atoms with Gasteiger partial charge in [0, 0.05) is 25.2 Å².